The highest BCUT2D eigenvalue weighted by Gasteiger charge is 2.13. The Hall–Kier alpha value is -2.37. The molecule has 0 aromatic heterocycles. The molecule has 6 heteroatoms. The van der Waals surface area contributed by atoms with Crippen LogP contribution >= 0.6 is 0 Å². The molecule has 0 saturated carbocycles. The van der Waals surface area contributed by atoms with E-state index in [0.717, 1.165) is 6.07 Å². The van der Waals surface area contributed by atoms with E-state index in [4.69, 9.17) is 4.74 Å². The van der Waals surface area contributed by atoms with Gasteiger partial charge in [0.2, 0.25) is 0 Å². The summed E-state index contributed by atoms with van der Waals surface area (Å²) in [6.45, 7) is -0.893. The average molecular weight is 298 g/mol. The number of hydrogen-bond acceptors (Lipinski definition) is 2. The van der Waals surface area contributed by atoms with Crippen LogP contribution in [0.4, 0.5) is 17.6 Å². The summed E-state index contributed by atoms with van der Waals surface area (Å²) in [7, 11) is 0. The topological polar surface area (TPSA) is 26.3 Å². The molecule has 0 aliphatic heterocycles. The molecule has 0 atom stereocenters. The van der Waals surface area contributed by atoms with Crippen LogP contribution in [0.2, 0.25) is 0 Å². The van der Waals surface area contributed by atoms with E-state index in [9.17, 15) is 22.4 Å². The van der Waals surface area contributed by atoms with Gasteiger partial charge in [-0.25, -0.2) is 17.6 Å². The van der Waals surface area contributed by atoms with Gasteiger partial charge in [-0.05, 0) is 23.8 Å². The summed E-state index contributed by atoms with van der Waals surface area (Å²) in [5, 5.41) is 0. The average Bonchev–Trinajstić information content (AvgIpc) is 2.47. The summed E-state index contributed by atoms with van der Waals surface area (Å²) >= 11 is 0. The molecule has 0 unspecified atom stereocenters. The number of benzene rings is 2. The third-order valence-electron chi connectivity index (χ3n) is 2.77. The Morgan fingerprint density at radius 1 is 1.14 bits per heavy atom. The van der Waals surface area contributed by atoms with Gasteiger partial charge in [0.25, 0.3) is 6.43 Å². The summed E-state index contributed by atoms with van der Waals surface area (Å²) in [6, 6.07) is 7.54. The molecule has 0 spiro atoms. The van der Waals surface area contributed by atoms with Gasteiger partial charge in [0.1, 0.15) is 12.4 Å². The number of aldehydes is 1. The SMILES string of the molecule is O=Cc1ccc(-c2cccc(F)c2F)cc1OCC(F)F. The predicted octanol–water partition coefficient (Wildman–Crippen LogP) is 4.09. The molecule has 0 amide bonds. The van der Waals surface area contributed by atoms with Gasteiger partial charge in [-0.1, -0.05) is 18.2 Å². The van der Waals surface area contributed by atoms with Crippen molar-refractivity contribution in [2.24, 2.45) is 0 Å². The molecular formula is C15H10F4O2. The Balaban J connectivity index is 2.43. The van der Waals surface area contributed by atoms with Gasteiger partial charge in [0.15, 0.2) is 17.9 Å². The summed E-state index contributed by atoms with van der Waals surface area (Å²) in [4.78, 5) is 10.8. The van der Waals surface area contributed by atoms with Crippen LogP contribution in [0, 0.1) is 11.6 Å². The first kappa shape index (κ1) is 15.0. The van der Waals surface area contributed by atoms with E-state index in [2.05, 4.69) is 0 Å². The molecule has 2 aromatic rings. The third-order valence-corrected chi connectivity index (χ3v) is 2.77. The molecule has 0 N–H and O–H groups in total. The molecule has 0 radical (unpaired) electrons. The highest BCUT2D eigenvalue weighted by atomic mass is 19.3. The second-order valence-corrected chi connectivity index (χ2v) is 4.17. The lowest BCUT2D eigenvalue weighted by Crippen LogP contribution is -2.08. The van der Waals surface area contributed by atoms with Crippen molar-refractivity contribution in [2.45, 2.75) is 6.43 Å². The number of ether oxygens (including phenoxy) is 1. The van der Waals surface area contributed by atoms with Gasteiger partial charge in [-0.15, -0.1) is 0 Å². The second-order valence-electron chi connectivity index (χ2n) is 4.17. The Kier molecular flexibility index (Phi) is 4.57. The zero-order valence-corrected chi connectivity index (χ0v) is 10.7. The first-order valence-electron chi connectivity index (χ1n) is 5.97. The highest BCUT2D eigenvalue weighted by Crippen LogP contribution is 2.29. The lowest BCUT2D eigenvalue weighted by atomic mass is 10.0. The van der Waals surface area contributed by atoms with Gasteiger partial charge in [-0.3, -0.25) is 4.79 Å². The Bertz CT molecular complexity index is 656. The normalized spacial score (nSPS) is 10.7. The fourth-order valence-corrected chi connectivity index (χ4v) is 1.80. The van der Waals surface area contributed by atoms with Crippen molar-refractivity contribution in [3.8, 4) is 16.9 Å². The fourth-order valence-electron chi connectivity index (χ4n) is 1.80. The molecule has 0 aliphatic carbocycles. The van der Waals surface area contributed by atoms with E-state index < -0.39 is 24.7 Å². The first-order valence-corrected chi connectivity index (χ1v) is 5.97. The molecule has 2 nitrogen and oxygen atoms in total. The minimum Gasteiger partial charge on any atom is -0.487 e. The van der Waals surface area contributed by atoms with Crippen molar-refractivity contribution in [1.82, 2.24) is 0 Å². The second kappa shape index (κ2) is 6.39. The van der Waals surface area contributed by atoms with Crippen LogP contribution in [-0.4, -0.2) is 19.3 Å². The van der Waals surface area contributed by atoms with Crippen molar-refractivity contribution in [1.29, 1.82) is 0 Å². The lowest BCUT2D eigenvalue weighted by molar-refractivity contribution is 0.0809. The molecule has 2 aromatic carbocycles. The minimum atomic E-state index is -2.71. The molecule has 2 rings (SSSR count). The highest BCUT2D eigenvalue weighted by molar-refractivity contribution is 5.82. The maximum Gasteiger partial charge on any atom is 0.272 e. The fraction of sp³-hybridized carbons (Fsp3) is 0.133. The minimum absolute atomic E-state index is 0.0469. The molecule has 110 valence electrons. The number of rotatable bonds is 5. The summed E-state index contributed by atoms with van der Waals surface area (Å²) in [6.07, 6.45) is -2.27. The summed E-state index contributed by atoms with van der Waals surface area (Å²) in [5.41, 5.74) is 0.229. The van der Waals surface area contributed by atoms with E-state index in [1.165, 1.54) is 30.3 Å². The largest absolute Gasteiger partial charge is 0.487 e. The zero-order chi connectivity index (χ0) is 15.4. The molecule has 0 fully saturated rings. The van der Waals surface area contributed by atoms with Crippen molar-refractivity contribution in [3.05, 3.63) is 53.6 Å². The third kappa shape index (κ3) is 3.39. The maximum absolute atomic E-state index is 13.7. The van der Waals surface area contributed by atoms with E-state index in [1.807, 2.05) is 0 Å². The van der Waals surface area contributed by atoms with Crippen LogP contribution in [0.1, 0.15) is 10.4 Å². The number of halogens is 4. The molecule has 21 heavy (non-hydrogen) atoms. The van der Waals surface area contributed by atoms with E-state index >= 15 is 0 Å². The van der Waals surface area contributed by atoms with Gasteiger partial charge >= 0.3 is 0 Å². The van der Waals surface area contributed by atoms with Gasteiger partial charge in [0.05, 0.1) is 5.56 Å². The number of carbonyl (C=O) groups is 1. The van der Waals surface area contributed by atoms with Crippen molar-refractivity contribution >= 4 is 6.29 Å². The molecule has 0 heterocycles. The van der Waals surface area contributed by atoms with Crippen LogP contribution < -0.4 is 4.74 Å². The molecular weight excluding hydrogens is 288 g/mol. The molecule has 0 bridgehead atoms. The lowest BCUT2D eigenvalue weighted by Gasteiger charge is -2.11. The smallest absolute Gasteiger partial charge is 0.272 e. The van der Waals surface area contributed by atoms with Gasteiger partial charge in [-0.2, -0.15) is 0 Å². The summed E-state index contributed by atoms with van der Waals surface area (Å²) in [5.74, 6) is -2.19. The van der Waals surface area contributed by atoms with Gasteiger partial charge in [0, 0.05) is 5.56 Å². The first-order chi connectivity index (χ1) is 10.0. The number of alkyl halides is 2. The van der Waals surface area contributed by atoms with Crippen LogP contribution in [-0.2, 0) is 0 Å². The van der Waals surface area contributed by atoms with Crippen LogP contribution in [0.15, 0.2) is 36.4 Å². The Labute approximate surface area is 118 Å². The monoisotopic (exact) mass is 298 g/mol. The maximum atomic E-state index is 13.7. The van der Waals surface area contributed by atoms with Crippen molar-refractivity contribution < 1.29 is 27.1 Å². The Morgan fingerprint density at radius 2 is 1.90 bits per heavy atom. The number of carbonyl (C=O) groups excluding carboxylic acids is 1. The zero-order valence-electron chi connectivity index (χ0n) is 10.7. The number of hydrogen-bond donors (Lipinski definition) is 0. The van der Waals surface area contributed by atoms with Gasteiger partial charge < -0.3 is 4.74 Å². The standard InChI is InChI=1S/C15H10F4O2/c16-12-3-1-2-11(15(12)19)9-4-5-10(7-20)13(6-9)21-8-14(17)18/h1-7,14H,8H2. The van der Waals surface area contributed by atoms with Crippen LogP contribution in [0.25, 0.3) is 11.1 Å². The molecule has 0 aliphatic rings. The van der Waals surface area contributed by atoms with E-state index in [1.54, 1.807) is 0 Å². The predicted molar refractivity (Wildman–Crippen MR) is 68.7 cm³/mol. The van der Waals surface area contributed by atoms with E-state index in [0.29, 0.717) is 6.29 Å². The summed E-state index contributed by atoms with van der Waals surface area (Å²) < 4.78 is 56.1. The molecule has 0 saturated heterocycles. The van der Waals surface area contributed by atoms with Crippen molar-refractivity contribution in [2.75, 3.05) is 6.61 Å². The van der Waals surface area contributed by atoms with Crippen LogP contribution in [0.3, 0.4) is 0 Å². The van der Waals surface area contributed by atoms with Crippen LogP contribution in [0.5, 0.6) is 5.75 Å². The quantitative estimate of drug-likeness (QED) is 0.614. The van der Waals surface area contributed by atoms with E-state index in [-0.39, 0.29) is 22.4 Å². The Morgan fingerprint density at radius 3 is 2.57 bits per heavy atom. The van der Waals surface area contributed by atoms with Crippen molar-refractivity contribution in [3.63, 3.8) is 0 Å².